The lowest BCUT2D eigenvalue weighted by molar-refractivity contribution is 0.0152. The summed E-state index contributed by atoms with van der Waals surface area (Å²) in [4.78, 5) is 8.85. The second kappa shape index (κ2) is 16.0. The number of rotatable bonds is 14. The minimum atomic E-state index is 0.254. The van der Waals surface area contributed by atoms with Crippen LogP contribution in [-0.2, 0) is 9.47 Å². The quantitative estimate of drug-likeness (QED) is 0.165. The van der Waals surface area contributed by atoms with Crippen LogP contribution in [0.4, 0.5) is 0 Å². The summed E-state index contributed by atoms with van der Waals surface area (Å²) in [6, 6.07) is 8.20. The molecule has 0 saturated heterocycles. The summed E-state index contributed by atoms with van der Waals surface area (Å²) in [7, 11) is 2.00. The normalized spacial score (nSPS) is 13.4. The molecule has 5 nitrogen and oxygen atoms in total. The van der Waals surface area contributed by atoms with E-state index in [2.05, 4.69) is 39.6 Å². The number of hydrogen-bond donors (Lipinski definition) is 1. The van der Waals surface area contributed by atoms with Gasteiger partial charge in [0.25, 0.3) is 0 Å². The Kier molecular flexibility index (Phi) is 12.8. The molecule has 0 amide bonds. The topological polar surface area (TPSA) is 60.1 Å². The Labute approximate surface area is 199 Å². The van der Waals surface area contributed by atoms with Crippen LogP contribution in [0.25, 0.3) is 12.2 Å². The predicted molar refractivity (Wildman–Crippen MR) is 140 cm³/mol. The Morgan fingerprint density at radius 1 is 1.03 bits per heavy atom. The molecule has 0 atom stereocenters. The smallest absolute Gasteiger partial charge is 0.138 e. The number of thiophene rings is 2. The first-order valence-corrected chi connectivity index (χ1v) is 12.0. The zero-order valence-electron chi connectivity index (χ0n) is 18.6. The van der Waals surface area contributed by atoms with Gasteiger partial charge < -0.3 is 20.1 Å². The maximum Gasteiger partial charge on any atom is 0.138 e. The molecule has 0 aliphatic rings. The summed E-state index contributed by atoms with van der Waals surface area (Å²) >= 11 is 3.38. The summed E-state index contributed by atoms with van der Waals surface area (Å²) in [5, 5.41) is 4.11. The first kappa shape index (κ1) is 25.5. The Morgan fingerprint density at radius 3 is 2.34 bits per heavy atom. The SMILES string of the molecule is C\C=C/C=C(/C=C/c1cccs1)N(C)COCCOC/N=C(/C=C\N)\C=C\c1cccs1. The van der Waals surface area contributed by atoms with Crippen molar-refractivity contribution >= 4 is 40.5 Å². The van der Waals surface area contributed by atoms with Crippen LogP contribution in [0.5, 0.6) is 0 Å². The molecule has 0 radical (unpaired) electrons. The van der Waals surface area contributed by atoms with Crippen molar-refractivity contribution < 1.29 is 9.47 Å². The summed E-state index contributed by atoms with van der Waals surface area (Å²) in [5.74, 6) is 0. The van der Waals surface area contributed by atoms with Crippen LogP contribution in [0.15, 0.2) is 88.4 Å². The minimum absolute atomic E-state index is 0.254. The molecule has 0 unspecified atom stereocenters. The molecule has 32 heavy (non-hydrogen) atoms. The Hall–Kier alpha value is -2.71. The van der Waals surface area contributed by atoms with E-state index in [0.29, 0.717) is 19.9 Å². The van der Waals surface area contributed by atoms with Crippen molar-refractivity contribution in [3.05, 3.63) is 93.1 Å². The molecular weight excluding hydrogens is 438 g/mol. The van der Waals surface area contributed by atoms with E-state index in [1.54, 1.807) is 28.7 Å². The molecule has 0 saturated carbocycles. The molecule has 2 N–H and O–H groups in total. The van der Waals surface area contributed by atoms with Gasteiger partial charge in [-0.2, -0.15) is 0 Å². The van der Waals surface area contributed by atoms with Gasteiger partial charge in [-0.1, -0.05) is 24.3 Å². The number of nitrogens with two attached hydrogens (primary N) is 1. The fourth-order valence-corrected chi connectivity index (χ4v) is 3.69. The highest BCUT2D eigenvalue weighted by atomic mass is 32.1. The molecule has 0 aliphatic carbocycles. The van der Waals surface area contributed by atoms with E-state index in [1.165, 1.54) is 11.1 Å². The first-order chi connectivity index (χ1) is 15.7. The van der Waals surface area contributed by atoms with E-state index >= 15 is 0 Å². The first-order valence-electron chi connectivity index (χ1n) is 10.3. The molecule has 0 aromatic carbocycles. The van der Waals surface area contributed by atoms with Gasteiger partial charge in [-0.05, 0) is 72.5 Å². The van der Waals surface area contributed by atoms with Crippen LogP contribution in [0.3, 0.4) is 0 Å². The number of likely N-dealkylation sites (N-methyl/N-ethyl adjacent to an activating group) is 1. The van der Waals surface area contributed by atoms with E-state index in [4.69, 9.17) is 15.2 Å². The third-order valence-electron chi connectivity index (χ3n) is 4.09. The standard InChI is InChI=1S/C25H31N3O2S2/c1-3-4-7-23(11-13-25-9-6-19-32-25)28(2)21-30-17-16-29-20-27-22(14-15-26)10-12-24-8-5-18-31-24/h3-15,18-19H,16-17,20-21,26H2,1-2H3/b4-3-,12-10+,13-11+,15-14-,23-7-,27-22+. The Balaban J connectivity index is 1.72. The summed E-state index contributed by atoms with van der Waals surface area (Å²) in [5.41, 5.74) is 7.34. The molecule has 2 heterocycles. The number of hydrogen-bond acceptors (Lipinski definition) is 7. The zero-order valence-corrected chi connectivity index (χ0v) is 20.2. The number of aliphatic imine (C=N–C) groups is 1. The van der Waals surface area contributed by atoms with Gasteiger partial charge in [0.15, 0.2) is 0 Å². The fourth-order valence-electron chi connectivity index (χ4n) is 2.45. The summed E-state index contributed by atoms with van der Waals surface area (Å²) in [6.07, 6.45) is 17.4. The van der Waals surface area contributed by atoms with Crippen molar-refractivity contribution in [3.8, 4) is 0 Å². The lowest BCUT2D eigenvalue weighted by Crippen LogP contribution is -2.21. The van der Waals surface area contributed by atoms with Crippen molar-refractivity contribution in [2.75, 3.05) is 33.7 Å². The molecule has 2 rings (SSSR count). The fraction of sp³-hybridized carbons (Fsp3) is 0.240. The second-order valence-electron chi connectivity index (χ2n) is 6.53. The molecule has 170 valence electrons. The molecule has 7 heteroatoms. The largest absolute Gasteiger partial charge is 0.405 e. The maximum atomic E-state index is 5.75. The van der Waals surface area contributed by atoms with E-state index in [9.17, 15) is 0 Å². The number of ether oxygens (including phenoxy) is 2. The van der Waals surface area contributed by atoms with Crippen molar-refractivity contribution in [3.63, 3.8) is 0 Å². The Morgan fingerprint density at radius 2 is 1.72 bits per heavy atom. The highest BCUT2D eigenvalue weighted by Crippen LogP contribution is 2.14. The van der Waals surface area contributed by atoms with Crippen LogP contribution in [-0.4, -0.2) is 44.3 Å². The lowest BCUT2D eigenvalue weighted by atomic mass is 10.3. The average molecular weight is 470 g/mol. The molecule has 0 fully saturated rings. The van der Waals surface area contributed by atoms with E-state index in [1.807, 2.05) is 61.9 Å². The number of nitrogens with zero attached hydrogens (tertiary/aromatic N) is 2. The van der Waals surface area contributed by atoms with Crippen molar-refractivity contribution in [1.29, 1.82) is 0 Å². The molecule has 0 spiro atoms. The molecular formula is C25H31N3O2S2. The monoisotopic (exact) mass is 469 g/mol. The third-order valence-corrected chi connectivity index (χ3v) is 5.76. The van der Waals surface area contributed by atoms with Gasteiger partial charge in [-0.3, -0.25) is 4.99 Å². The molecule has 0 aliphatic heterocycles. The van der Waals surface area contributed by atoms with Crippen molar-refractivity contribution in [1.82, 2.24) is 4.90 Å². The molecule has 0 bridgehead atoms. The van der Waals surface area contributed by atoms with Crippen molar-refractivity contribution in [2.45, 2.75) is 6.92 Å². The lowest BCUT2D eigenvalue weighted by Gasteiger charge is -2.20. The maximum absolute atomic E-state index is 5.75. The van der Waals surface area contributed by atoms with Crippen LogP contribution in [0.1, 0.15) is 16.7 Å². The predicted octanol–water partition coefficient (Wildman–Crippen LogP) is 5.79. The van der Waals surface area contributed by atoms with Gasteiger partial charge in [0.05, 0.1) is 18.9 Å². The third kappa shape index (κ3) is 10.5. The van der Waals surface area contributed by atoms with E-state index in [0.717, 1.165) is 16.3 Å². The van der Waals surface area contributed by atoms with Crippen LogP contribution >= 0.6 is 22.7 Å². The number of allylic oxidation sites excluding steroid dienone is 6. The van der Waals surface area contributed by atoms with Crippen LogP contribution in [0, 0.1) is 0 Å². The summed E-state index contributed by atoms with van der Waals surface area (Å²) in [6.45, 7) is 3.67. The van der Waals surface area contributed by atoms with Gasteiger partial charge >= 0.3 is 0 Å². The zero-order chi connectivity index (χ0) is 22.9. The van der Waals surface area contributed by atoms with Gasteiger partial charge in [-0.15, -0.1) is 22.7 Å². The highest BCUT2D eigenvalue weighted by molar-refractivity contribution is 7.11. The van der Waals surface area contributed by atoms with Gasteiger partial charge in [-0.25, -0.2) is 0 Å². The molecule has 2 aromatic rings. The van der Waals surface area contributed by atoms with E-state index < -0.39 is 0 Å². The summed E-state index contributed by atoms with van der Waals surface area (Å²) < 4.78 is 11.3. The highest BCUT2D eigenvalue weighted by Gasteiger charge is 2.01. The van der Waals surface area contributed by atoms with Crippen molar-refractivity contribution in [2.24, 2.45) is 10.7 Å². The average Bonchev–Trinajstić information content (AvgIpc) is 3.51. The van der Waals surface area contributed by atoms with Gasteiger partial charge in [0, 0.05) is 22.5 Å². The minimum Gasteiger partial charge on any atom is -0.405 e. The van der Waals surface area contributed by atoms with Crippen LogP contribution in [0.2, 0.25) is 0 Å². The van der Waals surface area contributed by atoms with Gasteiger partial charge in [0.1, 0.15) is 13.5 Å². The van der Waals surface area contributed by atoms with Gasteiger partial charge in [0.2, 0.25) is 0 Å². The molecule has 2 aromatic heterocycles. The second-order valence-corrected chi connectivity index (χ2v) is 8.49. The Bertz CT molecular complexity index is 925. The van der Waals surface area contributed by atoms with Crippen LogP contribution < -0.4 is 5.73 Å². The van der Waals surface area contributed by atoms with E-state index in [-0.39, 0.29) is 6.73 Å².